The van der Waals surface area contributed by atoms with Crippen molar-refractivity contribution in [1.82, 2.24) is 4.98 Å². The summed E-state index contributed by atoms with van der Waals surface area (Å²) in [4.78, 5) is 4.54. The standard InChI is InChI=1S/C21H16N2/c1-21(2)18-10-9-14(13-22)12-17(18)15-6-5-7-16(20(15)21)19-8-3-4-11-23-19/h3-12H,1-2H3. The van der Waals surface area contributed by atoms with E-state index in [9.17, 15) is 5.26 Å². The van der Waals surface area contributed by atoms with Crippen molar-refractivity contribution in [2.75, 3.05) is 0 Å². The maximum absolute atomic E-state index is 9.22. The first kappa shape index (κ1) is 13.7. The summed E-state index contributed by atoms with van der Waals surface area (Å²) < 4.78 is 0. The Bertz CT molecular complexity index is 947. The number of benzene rings is 2. The van der Waals surface area contributed by atoms with Crippen LogP contribution in [0.4, 0.5) is 0 Å². The SMILES string of the molecule is CC1(C)c2ccc(C#N)cc2-c2cccc(-c3ccccn3)c21. The molecule has 0 aliphatic heterocycles. The Morgan fingerprint density at radius 1 is 0.913 bits per heavy atom. The molecule has 0 unspecified atom stereocenters. The second-order valence-corrected chi connectivity index (χ2v) is 6.44. The average Bonchev–Trinajstić information content (AvgIpc) is 2.83. The van der Waals surface area contributed by atoms with Crippen LogP contribution in [0.25, 0.3) is 22.4 Å². The molecule has 0 bridgehead atoms. The number of pyridine rings is 1. The van der Waals surface area contributed by atoms with Crippen LogP contribution < -0.4 is 0 Å². The van der Waals surface area contributed by atoms with Gasteiger partial charge in [-0.2, -0.15) is 5.26 Å². The van der Waals surface area contributed by atoms with Crippen molar-refractivity contribution >= 4 is 0 Å². The van der Waals surface area contributed by atoms with Crippen molar-refractivity contribution in [1.29, 1.82) is 5.26 Å². The topological polar surface area (TPSA) is 36.7 Å². The van der Waals surface area contributed by atoms with E-state index in [0.717, 1.165) is 5.69 Å². The molecule has 2 aromatic carbocycles. The van der Waals surface area contributed by atoms with E-state index >= 15 is 0 Å². The zero-order chi connectivity index (χ0) is 16.0. The molecule has 0 N–H and O–H groups in total. The minimum atomic E-state index is -0.104. The van der Waals surface area contributed by atoms with E-state index < -0.39 is 0 Å². The zero-order valence-electron chi connectivity index (χ0n) is 13.2. The number of aromatic nitrogens is 1. The van der Waals surface area contributed by atoms with Crippen LogP contribution in [0.2, 0.25) is 0 Å². The fraction of sp³-hybridized carbons (Fsp3) is 0.143. The molecule has 1 aliphatic rings. The van der Waals surface area contributed by atoms with Gasteiger partial charge in [0.1, 0.15) is 0 Å². The first-order valence-corrected chi connectivity index (χ1v) is 7.73. The third-order valence-electron chi connectivity index (χ3n) is 4.74. The van der Waals surface area contributed by atoms with Crippen molar-refractivity contribution in [3.8, 4) is 28.5 Å². The van der Waals surface area contributed by atoms with Crippen LogP contribution >= 0.6 is 0 Å². The van der Waals surface area contributed by atoms with Crippen molar-refractivity contribution in [2.45, 2.75) is 19.3 Å². The third-order valence-corrected chi connectivity index (χ3v) is 4.74. The smallest absolute Gasteiger partial charge is 0.0991 e. The average molecular weight is 296 g/mol. The van der Waals surface area contributed by atoms with E-state index in [2.05, 4.69) is 55.2 Å². The molecule has 0 amide bonds. The quantitative estimate of drug-likeness (QED) is 0.638. The fourth-order valence-corrected chi connectivity index (χ4v) is 3.70. The lowest BCUT2D eigenvalue weighted by atomic mass is 9.79. The highest BCUT2D eigenvalue weighted by atomic mass is 14.7. The highest BCUT2D eigenvalue weighted by molar-refractivity contribution is 5.87. The predicted molar refractivity (Wildman–Crippen MR) is 92.0 cm³/mol. The summed E-state index contributed by atoms with van der Waals surface area (Å²) in [7, 11) is 0. The molecule has 3 aromatic rings. The number of nitriles is 1. The van der Waals surface area contributed by atoms with Crippen molar-refractivity contribution in [2.24, 2.45) is 0 Å². The Balaban J connectivity index is 2.05. The summed E-state index contributed by atoms with van der Waals surface area (Å²) in [6, 6.07) is 20.6. The molecule has 2 nitrogen and oxygen atoms in total. The van der Waals surface area contributed by atoms with E-state index in [-0.39, 0.29) is 5.41 Å². The lowest BCUT2D eigenvalue weighted by Gasteiger charge is -2.24. The Morgan fingerprint density at radius 3 is 2.48 bits per heavy atom. The molecular formula is C21H16N2. The largest absolute Gasteiger partial charge is 0.256 e. The highest BCUT2D eigenvalue weighted by Gasteiger charge is 2.37. The molecule has 4 rings (SSSR count). The van der Waals surface area contributed by atoms with Gasteiger partial charge >= 0.3 is 0 Å². The van der Waals surface area contributed by atoms with Gasteiger partial charge in [0.25, 0.3) is 0 Å². The Kier molecular flexibility index (Phi) is 2.86. The Labute approximate surface area is 136 Å². The molecule has 0 radical (unpaired) electrons. The molecule has 1 aliphatic carbocycles. The fourth-order valence-electron chi connectivity index (χ4n) is 3.70. The lowest BCUT2D eigenvalue weighted by Crippen LogP contribution is -2.16. The first-order valence-electron chi connectivity index (χ1n) is 7.73. The van der Waals surface area contributed by atoms with E-state index in [1.54, 1.807) is 0 Å². The molecule has 1 heterocycles. The Morgan fingerprint density at radius 2 is 1.74 bits per heavy atom. The number of hydrogen-bond acceptors (Lipinski definition) is 2. The van der Waals surface area contributed by atoms with Gasteiger partial charge in [0.05, 0.1) is 17.3 Å². The van der Waals surface area contributed by atoms with Crippen molar-refractivity contribution < 1.29 is 0 Å². The Hall–Kier alpha value is -2.92. The molecule has 2 heteroatoms. The van der Waals surface area contributed by atoms with Gasteiger partial charge in [-0.15, -0.1) is 0 Å². The van der Waals surface area contributed by atoms with E-state index in [1.807, 2.05) is 30.5 Å². The van der Waals surface area contributed by atoms with Crippen LogP contribution in [0.3, 0.4) is 0 Å². The van der Waals surface area contributed by atoms with Crippen LogP contribution in [0, 0.1) is 11.3 Å². The van der Waals surface area contributed by atoms with Crippen LogP contribution in [0.5, 0.6) is 0 Å². The van der Waals surface area contributed by atoms with Crippen LogP contribution in [0.15, 0.2) is 60.8 Å². The van der Waals surface area contributed by atoms with Gasteiger partial charge in [0, 0.05) is 17.2 Å². The number of rotatable bonds is 1. The van der Waals surface area contributed by atoms with E-state index in [1.165, 1.54) is 27.8 Å². The molecule has 0 saturated carbocycles. The minimum Gasteiger partial charge on any atom is -0.256 e. The third kappa shape index (κ3) is 1.90. The molecule has 0 saturated heterocycles. The van der Waals surface area contributed by atoms with Gasteiger partial charge in [-0.05, 0) is 46.5 Å². The van der Waals surface area contributed by atoms with Gasteiger partial charge in [-0.1, -0.05) is 44.2 Å². The summed E-state index contributed by atoms with van der Waals surface area (Å²) in [5, 5.41) is 9.22. The summed E-state index contributed by atoms with van der Waals surface area (Å²) in [6.07, 6.45) is 1.83. The maximum Gasteiger partial charge on any atom is 0.0991 e. The normalized spacial score (nSPS) is 14.0. The summed E-state index contributed by atoms with van der Waals surface area (Å²) in [5.41, 5.74) is 7.71. The predicted octanol–water partition coefficient (Wildman–Crippen LogP) is 4.93. The van der Waals surface area contributed by atoms with Crippen molar-refractivity contribution in [3.63, 3.8) is 0 Å². The van der Waals surface area contributed by atoms with Gasteiger partial charge in [-0.25, -0.2) is 0 Å². The highest BCUT2D eigenvalue weighted by Crippen LogP contribution is 2.51. The van der Waals surface area contributed by atoms with E-state index in [0.29, 0.717) is 5.56 Å². The lowest BCUT2D eigenvalue weighted by molar-refractivity contribution is 0.661. The molecule has 23 heavy (non-hydrogen) atoms. The molecule has 1 aromatic heterocycles. The monoisotopic (exact) mass is 296 g/mol. The van der Waals surface area contributed by atoms with Gasteiger partial charge < -0.3 is 0 Å². The number of hydrogen-bond donors (Lipinski definition) is 0. The minimum absolute atomic E-state index is 0.104. The molecule has 0 fully saturated rings. The summed E-state index contributed by atoms with van der Waals surface area (Å²) in [5.74, 6) is 0. The van der Waals surface area contributed by atoms with Crippen LogP contribution in [-0.2, 0) is 5.41 Å². The summed E-state index contributed by atoms with van der Waals surface area (Å²) >= 11 is 0. The van der Waals surface area contributed by atoms with Crippen LogP contribution in [-0.4, -0.2) is 4.98 Å². The molecule has 110 valence electrons. The first-order chi connectivity index (χ1) is 11.1. The van der Waals surface area contributed by atoms with Gasteiger partial charge in [-0.3, -0.25) is 4.98 Å². The summed E-state index contributed by atoms with van der Waals surface area (Å²) in [6.45, 7) is 4.49. The molecular weight excluding hydrogens is 280 g/mol. The van der Waals surface area contributed by atoms with Crippen molar-refractivity contribution in [3.05, 3.63) is 77.5 Å². The zero-order valence-corrected chi connectivity index (χ0v) is 13.2. The van der Waals surface area contributed by atoms with E-state index in [4.69, 9.17) is 0 Å². The van der Waals surface area contributed by atoms with Gasteiger partial charge in [0.2, 0.25) is 0 Å². The number of fused-ring (bicyclic) bond motifs is 3. The maximum atomic E-state index is 9.22. The molecule has 0 atom stereocenters. The number of nitrogens with zero attached hydrogens (tertiary/aromatic N) is 2. The van der Waals surface area contributed by atoms with Crippen LogP contribution in [0.1, 0.15) is 30.5 Å². The second-order valence-electron chi connectivity index (χ2n) is 6.44. The molecule has 0 spiro atoms. The van der Waals surface area contributed by atoms with Gasteiger partial charge in [0.15, 0.2) is 0 Å². The second kappa shape index (κ2) is 4.79.